The molecule has 3 nitrogen and oxygen atoms in total. The van der Waals surface area contributed by atoms with Gasteiger partial charge in [-0.2, -0.15) is 0 Å². The van der Waals surface area contributed by atoms with Gasteiger partial charge in [0.15, 0.2) is 8.24 Å². The van der Waals surface area contributed by atoms with Crippen molar-refractivity contribution in [1.29, 1.82) is 0 Å². The van der Waals surface area contributed by atoms with Crippen molar-refractivity contribution in [2.24, 2.45) is 0 Å². The van der Waals surface area contributed by atoms with Gasteiger partial charge in [-0.25, -0.2) is 4.39 Å². The second-order valence-electron chi connectivity index (χ2n) is 8.94. The maximum atomic E-state index is 15.5. The van der Waals surface area contributed by atoms with E-state index in [4.69, 9.17) is 0 Å². The number of nitrogens with one attached hydrogen (secondary N) is 1. The van der Waals surface area contributed by atoms with Crippen LogP contribution < -0.4 is 5.32 Å². The van der Waals surface area contributed by atoms with Gasteiger partial charge in [0.25, 0.3) is 0 Å². The number of benzene rings is 1. The molecule has 1 aromatic carbocycles. The number of carbonyl (C=O) groups is 1. The molecule has 27 heavy (non-hydrogen) atoms. The molecule has 0 bridgehead atoms. The van der Waals surface area contributed by atoms with E-state index in [1.165, 1.54) is 0 Å². The molecule has 1 N–H and O–H groups in total. The summed E-state index contributed by atoms with van der Waals surface area (Å²) in [6, 6.07) is 7.79. The van der Waals surface area contributed by atoms with E-state index in [-0.39, 0.29) is 5.91 Å². The number of alkyl halides is 1. The van der Waals surface area contributed by atoms with E-state index in [1.807, 2.05) is 18.2 Å². The van der Waals surface area contributed by atoms with Crippen LogP contribution in [-0.2, 0) is 4.79 Å². The number of carbonyl (C=O) groups excluding carboxylic acids is 1. The molecule has 0 saturated carbocycles. The minimum Gasteiger partial charge on any atom is -0.373 e. The molecule has 1 unspecified atom stereocenters. The molecule has 1 saturated heterocycles. The van der Waals surface area contributed by atoms with Gasteiger partial charge >= 0.3 is 0 Å². The van der Waals surface area contributed by atoms with Crippen LogP contribution in [0.25, 0.3) is 10.9 Å². The van der Waals surface area contributed by atoms with Gasteiger partial charge in [-0.3, -0.25) is 4.79 Å². The smallest absolute Gasteiger partial charge is 0.220 e. The van der Waals surface area contributed by atoms with Crippen molar-refractivity contribution in [2.75, 3.05) is 0 Å². The molecule has 1 amide bonds. The fourth-order valence-corrected chi connectivity index (χ4v) is 12.3. The summed E-state index contributed by atoms with van der Waals surface area (Å²) in [7, 11) is -1.98. The number of hydrogen-bond donors (Lipinski definition) is 1. The predicted molar refractivity (Wildman–Crippen MR) is 113 cm³/mol. The first-order valence-electron chi connectivity index (χ1n) is 10.2. The molecular formula is C22H33FN2OSi. The Balaban J connectivity index is 2.21. The van der Waals surface area contributed by atoms with E-state index in [2.05, 4.69) is 63.4 Å². The maximum absolute atomic E-state index is 15.5. The highest BCUT2D eigenvalue weighted by Crippen LogP contribution is 2.46. The van der Waals surface area contributed by atoms with E-state index in [9.17, 15) is 4.79 Å². The molecule has 1 fully saturated rings. The van der Waals surface area contributed by atoms with E-state index in [0.717, 1.165) is 16.5 Å². The molecule has 3 rings (SSSR count). The number of fused-ring (bicyclic) bond motifs is 1. The Kier molecular flexibility index (Phi) is 5.53. The first-order chi connectivity index (χ1) is 12.7. The number of hydrogen-bond acceptors (Lipinski definition) is 1. The molecule has 2 heterocycles. The Labute approximate surface area is 163 Å². The molecular weight excluding hydrogens is 355 g/mol. The number of aromatic nitrogens is 1. The van der Waals surface area contributed by atoms with Crippen LogP contribution >= 0.6 is 0 Å². The number of nitrogens with zero attached hydrogens (tertiary/aromatic N) is 1. The Bertz CT molecular complexity index is 805. The molecule has 5 heteroatoms. The maximum Gasteiger partial charge on any atom is 0.220 e. The highest BCUT2D eigenvalue weighted by Gasteiger charge is 2.46. The normalized spacial score (nSPS) is 19.5. The van der Waals surface area contributed by atoms with Crippen LogP contribution in [0.5, 0.6) is 0 Å². The standard InChI is InChI=1S/C22H33FN2OSi/c1-14(2)27(15(3)4,16(5)6)25-13-18(17-9-7-8-10-20(17)25)22(23)19-11-12-21(26)24-19/h7-10,13-16,19,22H,11-12H2,1-6H3,(H,24,26)/t19?,22-/m0/s1. The van der Waals surface area contributed by atoms with Crippen molar-refractivity contribution in [2.45, 2.75) is 83.2 Å². The lowest BCUT2D eigenvalue weighted by atomic mass is 10.0. The third-order valence-electron chi connectivity index (χ3n) is 6.61. The van der Waals surface area contributed by atoms with Gasteiger partial charge in [0.1, 0.15) is 6.17 Å². The van der Waals surface area contributed by atoms with Crippen LogP contribution in [0.4, 0.5) is 4.39 Å². The zero-order chi connectivity index (χ0) is 19.9. The van der Waals surface area contributed by atoms with E-state index >= 15 is 4.39 Å². The molecule has 0 spiro atoms. The monoisotopic (exact) mass is 388 g/mol. The molecule has 1 aliphatic rings. The van der Waals surface area contributed by atoms with Gasteiger partial charge in [-0.1, -0.05) is 59.7 Å². The number of para-hydroxylation sites is 1. The number of amides is 1. The van der Waals surface area contributed by atoms with E-state index in [1.54, 1.807) is 0 Å². The summed E-state index contributed by atoms with van der Waals surface area (Å²) in [5.74, 6) is -0.0401. The summed E-state index contributed by atoms with van der Waals surface area (Å²) in [6.07, 6.45) is 1.92. The summed E-state index contributed by atoms with van der Waals surface area (Å²) >= 11 is 0. The van der Waals surface area contributed by atoms with Gasteiger partial charge < -0.3 is 9.55 Å². The molecule has 1 aliphatic heterocycles. The molecule has 0 radical (unpaired) electrons. The minimum absolute atomic E-state index is 0.0401. The summed E-state index contributed by atoms with van der Waals surface area (Å²) in [5, 5.41) is 3.81. The summed E-state index contributed by atoms with van der Waals surface area (Å²) < 4.78 is 18.0. The van der Waals surface area contributed by atoms with Gasteiger partial charge in [0.2, 0.25) is 5.91 Å². The minimum atomic E-state index is -1.98. The van der Waals surface area contributed by atoms with Crippen LogP contribution in [0.1, 0.15) is 66.1 Å². The van der Waals surface area contributed by atoms with Crippen LogP contribution in [0, 0.1) is 0 Å². The van der Waals surface area contributed by atoms with E-state index < -0.39 is 20.4 Å². The second kappa shape index (κ2) is 7.42. The zero-order valence-electron chi connectivity index (χ0n) is 17.4. The lowest BCUT2D eigenvalue weighted by Gasteiger charge is -2.44. The number of halogens is 1. The van der Waals surface area contributed by atoms with Crippen LogP contribution in [-0.4, -0.2) is 24.4 Å². The molecule has 2 aromatic rings. The van der Waals surface area contributed by atoms with Gasteiger partial charge in [-0.05, 0) is 29.1 Å². The topological polar surface area (TPSA) is 34.0 Å². The molecule has 148 valence electrons. The second-order valence-corrected chi connectivity index (χ2v) is 14.7. The summed E-state index contributed by atoms with van der Waals surface area (Å²) in [5.41, 5.74) is 3.47. The third kappa shape index (κ3) is 3.14. The van der Waals surface area contributed by atoms with Crippen LogP contribution in [0.3, 0.4) is 0 Å². The Hall–Kier alpha value is -1.62. The fourth-order valence-electron chi connectivity index (χ4n) is 5.65. The summed E-state index contributed by atoms with van der Waals surface area (Å²) in [4.78, 5) is 11.6. The van der Waals surface area contributed by atoms with Crippen molar-refractivity contribution >= 4 is 25.0 Å². The lowest BCUT2D eigenvalue weighted by molar-refractivity contribution is -0.119. The Morgan fingerprint density at radius 2 is 1.67 bits per heavy atom. The van der Waals surface area contributed by atoms with Gasteiger partial charge in [-0.15, -0.1) is 0 Å². The molecule has 2 atom stereocenters. The van der Waals surface area contributed by atoms with E-state index in [0.29, 0.717) is 29.5 Å². The van der Waals surface area contributed by atoms with Crippen molar-refractivity contribution in [3.05, 3.63) is 36.0 Å². The largest absolute Gasteiger partial charge is 0.373 e. The average molecular weight is 389 g/mol. The van der Waals surface area contributed by atoms with Crippen molar-refractivity contribution in [3.63, 3.8) is 0 Å². The average Bonchev–Trinajstić information content (AvgIpc) is 3.19. The Morgan fingerprint density at radius 3 is 2.19 bits per heavy atom. The van der Waals surface area contributed by atoms with Crippen molar-refractivity contribution < 1.29 is 9.18 Å². The first-order valence-corrected chi connectivity index (χ1v) is 12.4. The van der Waals surface area contributed by atoms with Gasteiger partial charge in [0, 0.05) is 29.1 Å². The third-order valence-corrected chi connectivity index (χ3v) is 13.4. The zero-order valence-corrected chi connectivity index (χ0v) is 18.4. The fraction of sp³-hybridized carbons (Fsp3) is 0.591. The first kappa shape index (κ1) is 20.1. The van der Waals surface area contributed by atoms with Crippen molar-refractivity contribution in [1.82, 2.24) is 9.55 Å². The molecule has 0 aliphatic carbocycles. The van der Waals surface area contributed by atoms with Crippen LogP contribution in [0.15, 0.2) is 30.5 Å². The summed E-state index contributed by atoms with van der Waals surface area (Å²) in [6.45, 7) is 13.9. The SMILES string of the molecule is CC(C)[Si](C(C)C)(C(C)C)n1cc([C@H](F)C2CCC(=O)N2)c2ccccc21. The van der Waals surface area contributed by atoms with Crippen molar-refractivity contribution in [3.8, 4) is 0 Å². The highest BCUT2D eigenvalue weighted by atomic mass is 28.3. The predicted octanol–water partition coefficient (Wildman–Crippen LogP) is 5.95. The van der Waals surface area contributed by atoms with Crippen LogP contribution in [0.2, 0.25) is 16.6 Å². The van der Waals surface area contributed by atoms with Gasteiger partial charge in [0.05, 0.1) is 6.04 Å². The Morgan fingerprint density at radius 1 is 1.07 bits per heavy atom. The quantitative estimate of drug-likeness (QED) is 0.609. The number of rotatable bonds is 6. The highest BCUT2D eigenvalue weighted by molar-refractivity contribution is 6.82. The lowest BCUT2D eigenvalue weighted by Crippen LogP contribution is -2.51. The molecule has 1 aromatic heterocycles.